The molecule has 116 valence electrons. The van der Waals surface area contributed by atoms with Gasteiger partial charge in [0, 0.05) is 12.5 Å². The number of aromatic nitrogens is 2. The van der Waals surface area contributed by atoms with E-state index in [9.17, 15) is 4.79 Å². The quantitative estimate of drug-likeness (QED) is 0.871. The molecule has 1 unspecified atom stereocenters. The Bertz CT molecular complexity index is 714. The van der Waals surface area contributed by atoms with Gasteiger partial charge >= 0.3 is 0 Å². The monoisotopic (exact) mass is 301 g/mol. The normalized spacial score (nSPS) is 21.5. The van der Waals surface area contributed by atoms with Gasteiger partial charge in [0.15, 0.2) is 5.82 Å². The third-order valence-electron chi connectivity index (χ3n) is 4.47. The molecule has 1 aliphatic carbocycles. The molecular formula is C16H19N3O3. The molecule has 1 saturated heterocycles. The fourth-order valence-corrected chi connectivity index (χ4v) is 3.15. The van der Waals surface area contributed by atoms with Gasteiger partial charge in [-0.05, 0) is 45.6 Å². The van der Waals surface area contributed by atoms with Crippen LogP contribution in [-0.2, 0) is 0 Å². The van der Waals surface area contributed by atoms with E-state index in [1.165, 1.54) is 0 Å². The lowest BCUT2D eigenvalue weighted by molar-refractivity contribution is 0.0708. The van der Waals surface area contributed by atoms with E-state index in [1.54, 1.807) is 6.07 Å². The molecular weight excluding hydrogens is 282 g/mol. The van der Waals surface area contributed by atoms with Gasteiger partial charge in [-0.15, -0.1) is 0 Å². The van der Waals surface area contributed by atoms with Crippen molar-refractivity contribution in [2.24, 2.45) is 0 Å². The zero-order chi connectivity index (χ0) is 15.3. The summed E-state index contributed by atoms with van der Waals surface area (Å²) in [6.07, 6.45) is 4.10. The summed E-state index contributed by atoms with van der Waals surface area (Å²) in [5.41, 5.74) is 0.631. The highest BCUT2D eigenvalue weighted by Gasteiger charge is 2.37. The Hall–Kier alpha value is -2.11. The van der Waals surface area contributed by atoms with Crippen molar-refractivity contribution < 1.29 is 13.7 Å². The molecule has 0 bridgehead atoms. The summed E-state index contributed by atoms with van der Waals surface area (Å²) in [6.45, 7) is 4.39. The SMILES string of the molecule is Cc1cc(C(=O)N2CCCC2c2nc(C3CC3)no2)c(C)o1. The molecule has 1 aliphatic heterocycles. The molecule has 6 heteroatoms. The molecule has 22 heavy (non-hydrogen) atoms. The fraction of sp³-hybridized carbons (Fsp3) is 0.562. The van der Waals surface area contributed by atoms with Gasteiger partial charge in [0.05, 0.1) is 5.56 Å². The topological polar surface area (TPSA) is 72.4 Å². The van der Waals surface area contributed by atoms with E-state index in [1.807, 2.05) is 18.7 Å². The third-order valence-corrected chi connectivity index (χ3v) is 4.47. The molecule has 6 nitrogen and oxygen atoms in total. The van der Waals surface area contributed by atoms with Crippen LogP contribution in [0, 0.1) is 13.8 Å². The molecule has 4 rings (SSSR count). The Morgan fingerprint density at radius 3 is 2.82 bits per heavy atom. The largest absolute Gasteiger partial charge is 0.466 e. The van der Waals surface area contributed by atoms with Crippen molar-refractivity contribution >= 4 is 5.91 Å². The van der Waals surface area contributed by atoms with Crippen molar-refractivity contribution in [3.8, 4) is 0 Å². The molecule has 2 aromatic heterocycles. The van der Waals surface area contributed by atoms with Crippen LogP contribution >= 0.6 is 0 Å². The van der Waals surface area contributed by atoms with Gasteiger partial charge in [0.2, 0.25) is 5.89 Å². The third kappa shape index (κ3) is 2.23. The minimum atomic E-state index is -0.109. The zero-order valence-electron chi connectivity index (χ0n) is 12.8. The molecule has 2 aromatic rings. The molecule has 2 fully saturated rings. The van der Waals surface area contributed by atoms with E-state index >= 15 is 0 Å². The van der Waals surface area contributed by atoms with Crippen LogP contribution in [-0.4, -0.2) is 27.5 Å². The van der Waals surface area contributed by atoms with E-state index in [4.69, 9.17) is 8.94 Å². The minimum Gasteiger partial charge on any atom is -0.466 e. The number of furan rings is 1. The molecule has 0 aromatic carbocycles. The van der Waals surface area contributed by atoms with Gasteiger partial charge < -0.3 is 13.8 Å². The summed E-state index contributed by atoms with van der Waals surface area (Å²) >= 11 is 0. The molecule has 0 N–H and O–H groups in total. The van der Waals surface area contributed by atoms with Crippen molar-refractivity contribution in [3.63, 3.8) is 0 Å². The number of hydrogen-bond acceptors (Lipinski definition) is 5. The Morgan fingerprint density at radius 2 is 2.14 bits per heavy atom. The van der Waals surface area contributed by atoms with E-state index in [2.05, 4.69) is 10.1 Å². The smallest absolute Gasteiger partial charge is 0.258 e. The van der Waals surface area contributed by atoms with Gasteiger partial charge in [0.25, 0.3) is 5.91 Å². The summed E-state index contributed by atoms with van der Waals surface area (Å²) in [5, 5.41) is 4.07. The lowest BCUT2D eigenvalue weighted by atomic mass is 10.2. The number of likely N-dealkylation sites (tertiary alicyclic amines) is 1. The predicted octanol–water partition coefficient (Wildman–Crippen LogP) is 3.13. The summed E-state index contributed by atoms with van der Waals surface area (Å²) in [5.74, 6) is 3.24. The summed E-state index contributed by atoms with van der Waals surface area (Å²) in [4.78, 5) is 19.1. The summed E-state index contributed by atoms with van der Waals surface area (Å²) < 4.78 is 10.9. The second-order valence-corrected chi connectivity index (χ2v) is 6.25. The highest BCUT2D eigenvalue weighted by atomic mass is 16.5. The number of carbonyl (C=O) groups excluding carboxylic acids is 1. The van der Waals surface area contributed by atoms with Crippen molar-refractivity contribution in [2.45, 2.75) is 51.5 Å². The van der Waals surface area contributed by atoms with Crippen LogP contribution in [0.25, 0.3) is 0 Å². The zero-order valence-corrected chi connectivity index (χ0v) is 12.8. The average Bonchev–Trinajstić information content (AvgIpc) is 2.92. The van der Waals surface area contributed by atoms with Crippen LogP contribution in [0.5, 0.6) is 0 Å². The van der Waals surface area contributed by atoms with Crippen LogP contribution in [0.3, 0.4) is 0 Å². The maximum Gasteiger partial charge on any atom is 0.258 e. The van der Waals surface area contributed by atoms with Gasteiger partial charge in [-0.3, -0.25) is 4.79 Å². The van der Waals surface area contributed by atoms with E-state index in [0.29, 0.717) is 29.7 Å². The van der Waals surface area contributed by atoms with Gasteiger partial charge in [0.1, 0.15) is 17.6 Å². The van der Waals surface area contributed by atoms with Gasteiger partial charge in [-0.2, -0.15) is 4.98 Å². The number of carbonyl (C=O) groups is 1. The summed E-state index contributed by atoms with van der Waals surface area (Å²) in [6, 6.07) is 1.69. The first-order valence-corrected chi connectivity index (χ1v) is 7.85. The first-order valence-electron chi connectivity index (χ1n) is 7.85. The standard InChI is InChI=1S/C16H19N3O3/c1-9-8-12(10(2)21-9)16(20)19-7-3-4-13(19)15-17-14(18-22-15)11-5-6-11/h8,11,13H,3-7H2,1-2H3. The number of nitrogens with zero attached hydrogens (tertiary/aromatic N) is 3. The molecule has 0 radical (unpaired) electrons. The number of hydrogen-bond donors (Lipinski definition) is 0. The fourth-order valence-electron chi connectivity index (χ4n) is 3.15. The van der Waals surface area contributed by atoms with Crippen LogP contribution in [0.15, 0.2) is 15.0 Å². The second kappa shape index (κ2) is 4.97. The van der Waals surface area contributed by atoms with Crippen LogP contribution in [0.1, 0.15) is 71.2 Å². The minimum absolute atomic E-state index is 0.0111. The second-order valence-electron chi connectivity index (χ2n) is 6.25. The van der Waals surface area contributed by atoms with Crippen LogP contribution in [0.2, 0.25) is 0 Å². The van der Waals surface area contributed by atoms with E-state index < -0.39 is 0 Å². The highest BCUT2D eigenvalue weighted by Crippen LogP contribution is 2.40. The van der Waals surface area contributed by atoms with Crippen molar-refractivity contribution in [1.29, 1.82) is 0 Å². The van der Waals surface area contributed by atoms with Gasteiger partial charge in [-0.1, -0.05) is 5.16 Å². The Balaban J connectivity index is 1.59. The summed E-state index contributed by atoms with van der Waals surface area (Å²) in [7, 11) is 0. The maximum absolute atomic E-state index is 12.8. The lowest BCUT2D eigenvalue weighted by Crippen LogP contribution is -2.30. The van der Waals surface area contributed by atoms with Crippen molar-refractivity contribution in [1.82, 2.24) is 15.0 Å². The Morgan fingerprint density at radius 1 is 1.32 bits per heavy atom. The van der Waals surface area contributed by atoms with Gasteiger partial charge in [-0.25, -0.2) is 0 Å². The number of aryl methyl sites for hydroxylation is 2. The molecule has 1 atom stereocenters. The van der Waals surface area contributed by atoms with Crippen molar-refractivity contribution in [3.05, 3.63) is 34.9 Å². The lowest BCUT2D eigenvalue weighted by Gasteiger charge is -2.21. The molecule has 3 heterocycles. The Labute approximate surface area is 128 Å². The average molecular weight is 301 g/mol. The molecule has 1 saturated carbocycles. The van der Waals surface area contributed by atoms with Crippen molar-refractivity contribution in [2.75, 3.05) is 6.54 Å². The number of amides is 1. The predicted molar refractivity (Wildman–Crippen MR) is 77.5 cm³/mol. The van der Waals surface area contributed by atoms with Crippen LogP contribution < -0.4 is 0 Å². The maximum atomic E-state index is 12.8. The first kappa shape index (κ1) is 13.5. The molecule has 2 aliphatic rings. The molecule has 1 amide bonds. The highest BCUT2D eigenvalue weighted by molar-refractivity contribution is 5.95. The molecule has 0 spiro atoms. The van der Waals surface area contributed by atoms with E-state index in [-0.39, 0.29) is 11.9 Å². The van der Waals surface area contributed by atoms with E-state index in [0.717, 1.165) is 37.3 Å². The Kier molecular flexibility index (Phi) is 3.06. The number of rotatable bonds is 3. The first-order chi connectivity index (χ1) is 10.6. The van der Waals surface area contributed by atoms with Crippen LogP contribution in [0.4, 0.5) is 0 Å².